The molecule has 0 aliphatic heterocycles. The highest BCUT2D eigenvalue weighted by Crippen LogP contribution is 2.22. The Morgan fingerprint density at radius 2 is 2.27 bits per heavy atom. The van der Waals surface area contributed by atoms with E-state index in [1.807, 2.05) is 11.6 Å². The molecule has 0 unspecified atom stereocenters. The smallest absolute Gasteiger partial charge is 0.0847 e. The summed E-state index contributed by atoms with van der Waals surface area (Å²) in [5.74, 6) is 0. The number of halogens is 1. The number of aryl methyl sites for hydroxylation is 2. The molecule has 0 aromatic carbocycles. The van der Waals surface area contributed by atoms with E-state index in [4.69, 9.17) is 11.6 Å². The van der Waals surface area contributed by atoms with E-state index in [-0.39, 0.29) is 0 Å². The predicted octanol–water partition coefficient (Wildman–Crippen LogP) is 2.16. The highest BCUT2D eigenvalue weighted by atomic mass is 35.5. The summed E-state index contributed by atoms with van der Waals surface area (Å²) in [6.07, 6.45) is 3.64. The van der Waals surface area contributed by atoms with E-state index in [9.17, 15) is 0 Å². The summed E-state index contributed by atoms with van der Waals surface area (Å²) in [4.78, 5) is 0. The molecule has 3 nitrogen and oxygen atoms in total. The molecule has 15 heavy (non-hydrogen) atoms. The Balaban J connectivity index is 1.97. The van der Waals surface area contributed by atoms with E-state index >= 15 is 0 Å². The van der Waals surface area contributed by atoms with Gasteiger partial charge in [-0.3, -0.25) is 4.68 Å². The molecule has 1 N–H and O–H groups in total. The summed E-state index contributed by atoms with van der Waals surface area (Å²) in [6.45, 7) is 5.97. The van der Waals surface area contributed by atoms with E-state index in [0.717, 1.165) is 36.3 Å². The third-order valence-electron chi connectivity index (χ3n) is 2.82. The van der Waals surface area contributed by atoms with Crippen LogP contribution in [0.1, 0.15) is 31.2 Å². The fourth-order valence-corrected chi connectivity index (χ4v) is 2.02. The van der Waals surface area contributed by atoms with Gasteiger partial charge >= 0.3 is 0 Å². The van der Waals surface area contributed by atoms with Crippen molar-refractivity contribution in [2.24, 2.45) is 0 Å². The molecule has 0 saturated heterocycles. The standard InChI is InChI=1S/C11H18ClN3/c1-3-15-10(11(12)8(2)14-15)6-7-13-9-4-5-9/h9,13H,3-7H2,1-2H3. The van der Waals surface area contributed by atoms with Gasteiger partial charge in [-0.2, -0.15) is 5.10 Å². The van der Waals surface area contributed by atoms with Crippen LogP contribution in [0.3, 0.4) is 0 Å². The lowest BCUT2D eigenvalue weighted by Crippen LogP contribution is -2.20. The van der Waals surface area contributed by atoms with Crippen LogP contribution >= 0.6 is 11.6 Å². The van der Waals surface area contributed by atoms with Gasteiger partial charge in [-0.15, -0.1) is 0 Å². The van der Waals surface area contributed by atoms with E-state index in [1.54, 1.807) is 0 Å². The number of nitrogens with one attached hydrogen (secondary N) is 1. The zero-order valence-corrected chi connectivity index (χ0v) is 10.1. The fourth-order valence-electron chi connectivity index (χ4n) is 1.79. The van der Waals surface area contributed by atoms with Gasteiger partial charge < -0.3 is 5.32 Å². The molecule has 1 aliphatic carbocycles. The van der Waals surface area contributed by atoms with Crippen LogP contribution in [0.5, 0.6) is 0 Å². The van der Waals surface area contributed by atoms with Crippen LogP contribution in [-0.2, 0) is 13.0 Å². The van der Waals surface area contributed by atoms with Gasteiger partial charge in [-0.05, 0) is 26.7 Å². The predicted molar refractivity (Wildman–Crippen MR) is 62.4 cm³/mol. The minimum absolute atomic E-state index is 0.767. The molecule has 2 rings (SSSR count). The first-order valence-corrected chi connectivity index (χ1v) is 6.05. The van der Waals surface area contributed by atoms with Gasteiger partial charge in [-0.25, -0.2) is 0 Å². The van der Waals surface area contributed by atoms with Crippen molar-refractivity contribution in [3.63, 3.8) is 0 Å². The van der Waals surface area contributed by atoms with Gasteiger partial charge in [0.05, 0.1) is 16.4 Å². The Bertz CT molecular complexity index is 342. The Kier molecular flexibility index (Phi) is 3.32. The van der Waals surface area contributed by atoms with E-state index < -0.39 is 0 Å². The summed E-state index contributed by atoms with van der Waals surface area (Å²) < 4.78 is 2.01. The maximum atomic E-state index is 6.21. The molecular weight excluding hydrogens is 210 g/mol. The Labute approximate surface area is 95.8 Å². The maximum absolute atomic E-state index is 6.21. The molecule has 0 atom stereocenters. The lowest BCUT2D eigenvalue weighted by molar-refractivity contribution is 0.594. The van der Waals surface area contributed by atoms with Crippen LogP contribution in [0, 0.1) is 6.92 Å². The average molecular weight is 228 g/mol. The van der Waals surface area contributed by atoms with Gasteiger partial charge in [-0.1, -0.05) is 11.6 Å². The van der Waals surface area contributed by atoms with Crippen LogP contribution in [-0.4, -0.2) is 22.4 Å². The number of aromatic nitrogens is 2. The van der Waals surface area contributed by atoms with Crippen LogP contribution in [0.25, 0.3) is 0 Å². The third kappa shape index (κ3) is 2.52. The van der Waals surface area contributed by atoms with Crippen molar-refractivity contribution in [1.82, 2.24) is 15.1 Å². The summed E-state index contributed by atoms with van der Waals surface area (Å²) in [6, 6.07) is 0.767. The summed E-state index contributed by atoms with van der Waals surface area (Å²) in [5, 5.41) is 8.73. The van der Waals surface area contributed by atoms with Crippen LogP contribution in [0.15, 0.2) is 0 Å². The second kappa shape index (κ2) is 4.54. The second-order valence-electron chi connectivity index (χ2n) is 4.14. The molecule has 1 aromatic rings. The van der Waals surface area contributed by atoms with Crippen molar-refractivity contribution in [2.45, 2.75) is 45.7 Å². The molecule has 0 radical (unpaired) electrons. The monoisotopic (exact) mass is 227 g/mol. The number of hydrogen-bond acceptors (Lipinski definition) is 2. The van der Waals surface area contributed by atoms with Crippen LogP contribution in [0.2, 0.25) is 5.02 Å². The van der Waals surface area contributed by atoms with E-state index in [1.165, 1.54) is 18.5 Å². The molecule has 1 heterocycles. The molecule has 1 saturated carbocycles. The Morgan fingerprint density at radius 1 is 1.53 bits per heavy atom. The maximum Gasteiger partial charge on any atom is 0.0847 e. The summed E-state index contributed by atoms with van der Waals surface area (Å²) in [5.41, 5.74) is 2.12. The second-order valence-corrected chi connectivity index (χ2v) is 4.52. The SMILES string of the molecule is CCn1nc(C)c(Cl)c1CCNC1CC1. The number of hydrogen-bond donors (Lipinski definition) is 1. The van der Waals surface area contributed by atoms with Crippen molar-refractivity contribution in [1.29, 1.82) is 0 Å². The van der Waals surface area contributed by atoms with Crippen molar-refractivity contribution >= 4 is 11.6 Å². The molecule has 0 bridgehead atoms. The Morgan fingerprint density at radius 3 is 2.87 bits per heavy atom. The Hall–Kier alpha value is -0.540. The quantitative estimate of drug-likeness (QED) is 0.836. The van der Waals surface area contributed by atoms with Gasteiger partial charge in [0, 0.05) is 25.6 Å². The van der Waals surface area contributed by atoms with Gasteiger partial charge in [0.25, 0.3) is 0 Å². The molecule has 1 aromatic heterocycles. The highest BCUT2D eigenvalue weighted by Gasteiger charge is 2.20. The minimum atomic E-state index is 0.767. The highest BCUT2D eigenvalue weighted by molar-refractivity contribution is 6.31. The van der Waals surface area contributed by atoms with Crippen molar-refractivity contribution in [3.8, 4) is 0 Å². The zero-order valence-electron chi connectivity index (χ0n) is 9.39. The van der Waals surface area contributed by atoms with Crippen molar-refractivity contribution in [2.75, 3.05) is 6.54 Å². The topological polar surface area (TPSA) is 29.9 Å². The molecule has 0 spiro atoms. The zero-order chi connectivity index (χ0) is 10.8. The molecule has 1 fully saturated rings. The van der Waals surface area contributed by atoms with Crippen LogP contribution < -0.4 is 5.32 Å². The molecule has 0 amide bonds. The first-order chi connectivity index (χ1) is 7.22. The van der Waals surface area contributed by atoms with Gasteiger partial charge in [0.2, 0.25) is 0 Å². The number of rotatable bonds is 5. The van der Waals surface area contributed by atoms with E-state index in [2.05, 4.69) is 17.3 Å². The number of nitrogens with zero attached hydrogens (tertiary/aromatic N) is 2. The largest absolute Gasteiger partial charge is 0.314 e. The summed E-state index contributed by atoms with van der Waals surface area (Å²) in [7, 11) is 0. The van der Waals surface area contributed by atoms with E-state index in [0.29, 0.717) is 0 Å². The van der Waals surface area contributed by atoms with Crippen molar-refractivity contribution < 1.29 is 0 Å². The molecule has 4 heteroatoms. The first kappa shape index (κ1) is 11.0. The van der Waals surface area contributed by atoms with Gasteiger partial charge in [0.1, 0.15) is 0 Å². The molecule has 1 aliphatic rings. The normalized spacial score (nSPS) is 15.9. The van der Waals surface area contributed by atoms with Gasteiger partial charge in [0.15, 0.2) is 0 Å². The minimum Gasteiger partial charge on any atom is -0.314 e. The fraction of sp³-hybridized carbons (Fsp3) is 0.727. The van der Waals surface area contributed by atoms with Crippen LogP contribution in [0.4, 0.5) is 0 Å². The molecule has 84 valence electrons. The first-order valence-electron chi connectivity index (χ1n) is 5.67. The summed E-state index contributed by atoms with van der Waals surface area (Å²) >= 11 is 6.21. The lowest BCUT2D eigenvalue weighted by Gasteiger charge is -2.06. The average Bonchev–Trinajstić information content (AvgIpc) is 3.00. The molecular formula is C11H18ClN3. The van der Waals surface area contributed by atoms with Crippen molar-refractivity contribution in [3.05, 3.63) is 16.4 Å². The third-order valence-corrected chi connectivity index (χ3v) is 3.32. The lowest BCUT2D eigenvalue weighted by atomic mass is 10.2.